The summed E-state index contributed by atoms with van der Waals surface area (Å²) in [5.74, 6) is 0.753. The second-order valence-corrected chi connectivity index (χ2v) is 6.26. The van der Waals surface area contributed by atoms with E-state index in [0.717, 1.165) is 31.1 Å². The van der Waals surface area contributed by atoms with E-state index in [-0.39, 0.29) is 0 Å². The summed E-state index contributed by atoms with van der Waals surface area (Å²) in [7, 11) is 0. The lowest BCUT2D eigenvalue weighted by Crippen LogP contribution is -2.27. The molecule has 1 atom stereocenters. The van der Waals surface area contributed by atoms with Gasteiger partial charge in [0.05, 0.1) is 10.2 Å². The highest BCUT2D eigenvalue weighted by Gasteiger charge is 2.09. The van der Waals surface area contributed by atoms with Crippen molar-refractivity contribution < 1.29 is 0 Å². The van der Waals surface area contributed by atoms with Crippen LogP contribution < -0.4 is 5.73 Å². The SMILES string of the molecule is CCC(C)CN(CC)Cc1ccc2nc(N)sc2c1. The fourth-order valence-electron chi connectivity index (χ4n) is 2.22. The lowest BCUT2D eigenvalue weighted by atomic mass is 10.1. The molecule has 2 aromatic rings. The molecule has 1 aromatic heterocycles. The van der Waals surface area contributed by atoms with Gasteiger partial charge in [-0.1, -0.05) is 44.6 Å². The van der Waals surface area contributed by atoms with Crippen molar-refractivity contribution in [3.8, 4) is 0 Å². The van der Waals surface area contributed by atoms with Gasteiger partial charge in [-0.25, -0.2) is 4.98 Å². The van der Waals surface area contributed by atoms with Gasteiger partial charge >= 0.3 is 0 Å². The first kappa shape index (κ1) is 14.3. The Labute approximate surface area is 119 Å². The van der Waals surface area contributed by atoms with Gasteiger partial charge in [-0.2, -0.15) is 0 Å². The molecule has 0 amide bonds. The average molecular weight is 277 g/mol. The molecule has 1 heterocycles. The van der Waals surface area contributed by atoms with Crippen LogP contribution in [0.3, 0.4) is 0 Å². The fourth-order valence-corrected chi connectivity index (χ4v) is 3.02. The topological polar surface area (TPSA) is 42.2 Å². The van der Waals surface area contributed by atoms with Crippen LogP contribution in [0.5, 0.6) is 0 Å². The molecule has 3 nitrogen and oxygen atoms in total. The Kier molecular flexibility index (Phi) is 4.77. The maximum absolute atomic E-state index is 5.75. The van der Waals surface area contributed by atoms with Crippen LogP contribution in [0.15, 0.2) is 18.2 Å². The number of aromatic nitrogens is 1. The zero-order valence-electron chi connectivity index (χ0n) is 12.0. The number of thiazole rings is 1. The van der Waals surface area contributed by atoms with Crippen molar-refractivity contribution >= 4 is 26.7 Å². The Bertz CT molecular complexity index is 535. The van der Waals surface area contributed by atoms with Gasteiger partial charge in [0.2, 0.25) is 0 Å². The highest BCUT2D eigenvalue weighted by molar-refractivity contribution is 7.22. The van der Waals surface area contributed by atoms with Gasteiger partial charge in [-0.15, -0.1) is 0 Å². The van der Waals surface area contributed by atoms with Crippen LogP contribution in [0.1, 0.15) is 32.8 Å². The number of benzene rings is 1. The third-order valence-corrected chi connectivity index (χ3v) is 4.44. The molecule has 4 heteroatoms. The molecule has 0 aliphatic carbocycles. The minimum Gasteiger partial charge on any atom is -0.375 e. The van der Waals surface area contributed by atoms with Crippen LogP contribution in [0.25, 0.3) is 10.2 Å². The number of fused-ring (bicyclic) bond motifs is 1. The summed E-state index contributed by atoms with van der Waals surface area (Å²) in [5, 5.41) is 0.652. The Hall–Kier alpha value is -1.13. The van der Waals surface area contributed by atoms with Crippen LogP contribution >= 0.6 is 11.3 Å². The van der Waals surface area contributed by atoms with E-state index in [2.05, 4.69) is 48.9 Å². The number of nitrogen functional groups attached to an aromatic ring is 1. The second kappa shape index (κ2) is 6.35. The lowest BCUT2D eigenvalue weighted by molar-refractivity contribution is 0.238. The van der Waals surface area contributed by atoms with Crippen molar-refractivity contribution in [1.82, 2.24) is 9.88 Å². The maximum atomic E-state index is 5.75. The molecule has 0 radical (unpaired) electrons. The van der Waals surface area contributed by atoms with Crippen LogP contribution in [0, 0.1) is 5.92 Å². The molecule has 0 spiro atoms. The third-order valence-electron chi connectivity index (χ3n) is 3.59. The van der Waals surface area contributed by atoms with E-state index in [4.69, 9.17) is 5.73 Å². The number of hydrogen-bond donors (Lipinski definition) is 1. The summed E-state index contributed by atoms with van der Waals surface area (Å²) < 4.78 is 1.19. The number of rotatable bonds is 6. The van der Waals surface area contributed by atoms with E-state index in [1.54, 1.807) is 11.3 Å². The van der Waals surface area contributed by atoms with Crippen LogP contribution in [-0.4, -0.2) is 23.0 Å². The monoisotopic (exact) mass is 277 g/mol. The molecule has 1 unspecified atom stereocenters. The third kappa shape index (κ3) is 3.67. The molecular formula is C15H23N3S. The maximum Gasteiger partial charge on any atom is 0.181 e. The van der Waals surface area contributed by atoms with Gasteiger partial charge in [-0.3, -0.25) is 4.90 Å². The van der Waals surface area contributed by atoms with Gasteiger partial charge < -0.3 is 5.73 Å². The minimum absolute atomic E-state index is 0.652. The van der Waals surface area contributed by atoms with E-state index in [1.807, 2.05) is 0 Å². The van der Waals surface area contributed by atoms with Crippen molar-refractivity contribution in [2.24, 2.45) is 5.92 Å². The Morgan fingerprint density at radius 1 is 1.37 bits per heavy atom. The summed E-state index contributed by atoms with van der Waals surface area (Å²) in [5.41, 5.74) is 8.11. The highest BCUT2D eigenvalue weighted by Crippen LogP contribution is 2.25. The normalized spacial score (nSPS) is 13.3. The van der Waals surface area contributed by atoms with Crippen molar-refractivity contribution in [1.29, 1.82) is 0 Å². The van der Waals surface area contributed by atoms with Crippen LogP contribution in [0.2, 0.25) is 0 Å². The molecule has 0 aliphatic heterocycles. The molecular weight excluding hydrogens is 254 g/mol. The van der Waals surface area contributed by atoms with Crippen molar-refractivity contribution in [2.75, 3.05) is 18.8 Å². The zero-order chi connectivity index (χ0) is 13.8. The highest BCUT2D eigenvalue weighted by atomic mass is 32.1. The number of nitrogens with two attached hydrogens (primary N) is 1. The zero-order valence-corrected chi connectivity index (χ0v) is 12.8. The summed E-state index contributed by atoms with van der Waals surface area (Å²) in [6.07, 6.45) is 1.24. The predicted octanol–water partition coefficient (Wildman–Crippen LogP) is 3.75. The quantitative estimate of drug-likeness (QED) is 0.874. The first-order chi connectivity index (χ1) is 9.12. The molecule has 19 heavy (non-hydrogen) atoms. The van der Waals surface area contributed by atoms with E-state index in [1.165, 1.54) is 16.7 Å². The Morgan fingerprint density at radius 2 is 2.16 bits per heavy atom. The molecule has 0 saturated heterocycles. The molecule has 104 valence electrons. The van der Waals surface area contributed by atoms with Gasteiger partial charge in [0.1, 0.15) is 0 Å². The molecule has 0 aliphatic rings. The van der Waals surface area contributed by atoms with E-state index in [0.29, 0.717) is 5.13 Å². The van der Waals surface area contributed by atoms with Crippen molar-refractivity contribution in [3.05, 3.63) is 23.8 Å². The smallest absolute Gasteiger partial charge is 0.181 e. The summed E-state index contributed by atoms with van der Waals surface area (Å²) >= 11 is 1.57. The number of anilines is 1. The molecule has 2 N–H and O–H groups in total. The standard InChI is InChI=1S/C15H23N3S/c1-4-11(3)9-18(5-2)10-12-6-7-13-14(8-12)19-15(16)17-13/h6-8,11H,4-5,9-10H2,1-3H3,(H2,16,17). The van der Waals surface area contributed by atoms with E-state index >= 15 is 0 Å². The first-order valence-electron chi connectivity index (χ1n) is 6.99. The average Bonchev–Trinajstić information content (AvgIpc) is 2.77. The molecule has 0 saturated carbocycles. The molecule has 2 rings (SSSR count). The number of nitrogens with zero attached hydrogens (tertiary/aromatic N) is 2. The van der Waals surface area contributed by atoms with Crippen molar-refractivity contribution in [3.63, 3.8) is 0 Å². The minimum atomic E-state index is 0.652. The summed E-state index contributed by atoms with van der Waals surface area (Å²) in [6, 6.07) is 6.47. The van der Waals surface area contributed by atoms with Gasteiger partial charge in [0.25, 0.3) is 0 Å². The van der Waals surface area contributed by atoms with Crippen molar-refractivity contribution in [2.45, 2.75) is 33.7 Å². The van der Waals surface area contributed by atoms with Crippen LogP contribution in [0.4, 0.5) is 5.13 Å². The van der Waals surface area contributed by atoms with Gasteiger partial charge in [-0.05, 0) is 30.2 Å². The first-order valence-corrected chi connectivity index (χ1v) is 7.81. The summed E-state index contributed by atoms with van der Waals surface area (Å²) in [6.45, 7) is 10.1. The molecule has 1 aromatic carbocycles. The largest absolute Gasteiger partial charge is 0.375 e. The summed E-state index contributed by atoms with van der Waals surface area (Å²) in [4.78, 5) is 6.80. The fraction of sp³-hybridized carbons (Fsp3) is 0.533. The van der Waals surface area contributed by atoms with E-state index < -0.39 is 0 Å². The lowest BCUT2D eigenvalue weighted by Gasteiger charge is -2.23. The molecule has 0 fully saturated rings. The van der Waals surface area contributed by atoms with E-state index in [9.17, 15) is 0 Å². The van der Waals surface area contributed by atoms with Gasteiger partial charge in [0, 0.05) is 13.1 Å². The number of hydrogen-bond acceptors (Lipinski definition) is 4. The van der Waals surface area contributed by atoms with Crippen LogP contribution in [-0.2, 0) is 6.54 Å². The Morgan fingerprint density at radius 3 is 2.84 bits per heavy atom. The van der Waals surface area contributed by atoms with Gasteiger partial charge in [0.15, 0.2) is 5.13 Å². The second-order valence-electron chi connectivity index (χ2n) is 5.20. The Balaban J connectivity index is 2.10. The molecule has 0 bridgehead atoms. The predicted molar refractivity (Wildman–Crippen MR) is 84.4 cm³/mol.